The molecule has 0 aliphatic carbocycles. The summed E-state index contributed by atoms with van der Waals surface area (Å²) in [5.74, 6) is 1.80. The summed E-state index contributed by atoms with van der Waals surface area (Å²) >= 11 is 1.72. The highest BCUT2D eigenvalue weighted by Crippen LogP contribution is 2.46. The molecule has 3 heterocycles. The van der Waals surface area contributed by atoms with E-state index in [2.05, 4.69) is 47.2 Å². The average Bonchev–Trinajstić information content (AvgIpc) is 3.21. The molecule has 1 saturated heterocycles. The van der Waals surface area contributed by atoms with Gasteiger partial charge in [-0.25, -0.2) is 4.98 Å². The second-order valence-electron chi connectivity index (χ2n) is 8.83. The first kappa shape index (κ1) is 20.4. The van der Waals surface area contributed by atoms with Gasteiger partial charge < -0.3 is 10.1 Å². The second kappa shape index (κ2) is 8.84. The van der Waals surface area contributed by atoms with Crippen molar-refractivity contribution in [3.05, 3.63) is 46.4 Å². The first-order chi connectivity index (χ1) is 14.0. The Balaban J connectivity index is 1.43. The van der Waals surface area contributed by atoms with Crippen molar-refractivity contribution in [3.8, 4) is 5.75 Å². The fraction of sp³-hybridized carbons (Fsp3) is 0.565. The van der Waals surface area contributed by atoms with Crippen LogP contribution in [-0.4, -0.2) is 41.0 Å². The maximum absolute atomic E-state index is 12.6. The molecule has 1 atom stereocenters. The Morgan fingerprint density at radius 1 is 1.34 bits per heavy atom. The van der Waals surface area contributed by atoms with Gasteiger partial charge in [0.05, 0.1) is 6.54 Å². The lowest BCUT2D eigenvalue weighted by molar-refractivity contribution is -0.122. The highest BCUT2D eigenvalue weighted by Gasteiger charge is 2.43. The first-order valence-electron chi connectivity index (χ1n) is 10.7. The lowest BCUT2D eigenvalue weighted by Gasteiger charge is -2.46. The normalized spacial score (nSPS) is 21.0. The van der Waals surface area contributed by atoms with E-state index in [1.807, 2.05) is 17.6 Å². The highest BCUT2D eigenvalue weighted by molar-refractivity contribution is 7.09. The Morgan fingerprint density at radius 3 is 2.86 bits per heavy atom. The molecule has 1 spiro atoms. The van der Waals surface area contributed by atoms with Gasteiger partial charge in [-0.05, 0) is 36.8 Å². The largest absolute Gasteiger partial charge is 0.487 e. The van der Waals surface area contributed by atoms with Crippen LogP contribution in [0.3, 0.4) is 0 Å². The number of nitrogens with zero attached hydrogens (tertiary/aromatic N) is 2. The topological polar surface area (TPSA) is 54.5 Å². The number of para-hydroxylation sites is 1. The van der Waals surface area contributed by atoms with Gasteiger partial charge in [0, 0.05) is 43.5 Å². The number of hydrogen-bond acceptors (Lipinski definition) is 5. The summed E-state index contributed by atoms with van der Waals surface area (Å²) in [5, 5.41) is 6.30. The van der Waals surface area contributed by atoms with E-state index in [1.54, 1.807) is 11.3 Å². The molecule has 5 nitrogen and oxygen atoms in total. The van der Waals surface area contributed by atoms with Gasteiger partial charge in [-0.2, -0.15) is 0 Å². The molecule has 1 amide bonds. The van der Waals surface area contributed by atoms with Crippen LogP contribution < -0.4 is 10.1 Å². The van der Waals surface area contributed by atoms with E-state index >= 15 is 0 Å². The third-order valence-corrected chi connectivity index (χ3v) is 6.82. The molecule has 1 N–H and O–H groups in total. The average molecular weight is 414 g/mol. The van der Waals surface area contributed by atoms with Gasteiger partial charge in [0.1, 0.15) is 16.4 Å². The molecule has 1 aromatic heterocycles. The number of thiazole rings is 1. The van der Waals surface area contributed by atoms with Gasteiger partial charge in [0.2, 0.25) is 5.91 Å². The molecular formula is C23H31N3O2S. The molecule has 29 heavy (non-hydrogen) atoms. The van der Waals surface area contributed by atoms with Gasteiger partial charge >= 0.3 is 0 Å². The Bertz CT molecular complexity index is 813. The number of nitrogens with one attached hydrogen (secondary N) is 1. The molecule has 1 fully saturated rings. The van der Waals surface area contributed by atoms with E-state index in [-0.39, 0.29) is 17.4 Å². The molecule has 1 aromatic carbocycles. The van der Waals surface area contributed by atoms with Crippen molar-refractivity contribution in [1.82, 2.24) is 15.2 Å². The molecule has 2 aromatic rings. The number of ether oxygens (including phenoxy) is 1. The summed E-state index contributed by atoms with van der Waals surface area (Å²) in [6, 6.07) is 8.28. The fourth-order valence-electron chi connectivity index (χ4n) is 4.49. The molecule has 0 saturated carbocycles. The number of carbonyl (C=O) groups is 1. The molecule has 6 heteroatoms. The van der Waals surface area contributed by atoms with Crippen LogP contribution in [-0.2, 0) is 11.3 Å². The maximum atomic E-state index is 12.6. The van der Waals surface area contributed by atoms with Crippen LogP contribution in [0.25, 0.3) is 0 Å². The number of amides is 1. The Hall–Kier alpha value is -1.92. The van der Waals surface area contributed by atoms with Gasteiger partial charge in [0.25, 0.3) is 0 Å². The van der Waals surface area contributed by atoms with E-state index < -0.39 is 0 Å². The van der Waals surface area contributed by atoms with Crippen LogP contribution in [0.4, 0.5) is 0 Å². The number of piperidine rings is 1. The number of carbonyl (C=O) groups excluding carboxylic acids is 1. The van der Waals surface area contributed by atoms with Crippen molar-refractivity contribution in [2.45, 2.75) is 57.6 Å². The third kappa shape index (κ3) is 4.98. The lowest BCUT2D eigenvalue weighted by atomic mass is 9.76. The minimum Gasteiger partial charge on any atom is -0.487 e. The monoisotopic (exact) mass is 413 g/mol. The van der Waals surface area contributed by atoms with Crippen molar-refractivity contribution >= 4 is 17.2 Å². The van der Waals surface area contributed by atoms with Crippen molar-refractivity contribution in [2.24, 2.45) is 5.92 Å². The quantitative estimate of drug-likeness (QED) is 0.771. The number of likely N-dealkylation sites (tertiary alicyclic amines) is 1. The summed E-state index contributed by atoms with van der Waals surface area (Å²) in [7, 11) is 0. The Morgan fingerprint density at radius 2 is 2.14 bits per heavy atom. The number of benzene rings is 1. The fourth-order valence-corrected chi connectivity index (χ4v) is 5.15. The van der Waals surface area contributed by atoms with Gasteiger partial charge in [0.15, 0.2) is 0 Å². The van der Waals surface area contributed by atoms with Crippen molar-refractivity contribution in [1.29, 1.82) is 0 Å². The zero-order valence-corrected chi connectivity index (χ0v) is 18.2. The van der Waals surface area contributed by atoms with Gasteiger partial charge in [-0.1, -0.05) is 32.0 Å². The molecule has 4 rings (SSSR count). The second-order valence-corrected chi connectivity index (χ2v) is 9.81. The molecule has 2 aliphatic heterocycles. The minimum absolute atomic E-state index is 0.150. The molecule has 0 bridgehead atoms. The van der Waals surface area contributed by atoms with Crippen LogP contribution >= 0.6 is 11.3 Å². The van der Waals surface area contributed by atoms with Crippen LogP contribution in [0.1, 0.15) is 56.0 Å². The number of aromatic nitrogens is 1. The minimum atomic E-state index is -0.156. The van der Waals surface area contributed by atoms with Crippen LogP contribution in [0.2, 0.25) is 0 Å². The standard InChI is InChI=1S/C23H31N3O2S/c1-17(2)15-25-21(27)13-18-14-23(28-20-6-4-3-5-19(18)20)7-10-26(11-8-23)16-22-24-9-12-29-22/h3-6,9,12,17-18H,7-8,10-11,13-16H2,1-2H3,(H,25,27). The van der Waals surface area contributed by atoms with E-state index in [0.717, 1.165) is 51.2 Å². The Kier molecular flexibility index (Phi) is 6.20. The zero-order valence-electron chi connectivity index (χ0n) is 17.4. The Labute approximate surface area is 177 Å². The van der Waals surface area contributed by atoms with Gasteiger partial charge in [-0.15, -0.1) is 11.3 Å². The summed E-state index contributed by atoms with van der Waals surface area (Å²) < 4.78 is 6.58. The highest BCUT2D eigenvalue weighted by atomic mass is 32.1. The summed E-state index contributed by atoms with van der Waals surface area (Å²) in [6.07, 6.45) is 5.33. The van der Waals surface area contributed by atoms with Crippen molar-refractivity contribution in [2.75, 3.05) is 19.6 Å². The van der Waals surface area contributed by atoms with Crippen molar-refractivity contribution in [3.63, 3.8) is 0 Å². The molecule has 0 radical (unpaired) electrons. The predicted octanol–water partition coefficient (Wildman–Crippen LogP) is 4.21. The smallest absolute Gasteiger partial charge is 0.220 e. The molecular weight excluding hydrogens is 382 g/mol. The van der Waals surface area contributed by atoms with E-state index in [0.29, 0.717) is 12.3 Å². The zero-order chi connectivity index (χ0) is 20.3. The predicted molar refractivity (Wildman–Crippen MR) is 116 cm³/mol. The van der Waals surface area contributed by atoms with Crippen molar-refractivity contribution < 1.29 is 9.53 Å². The van der Waals surface area contributed by atoms with Crippen LogP contribution in [0.15, 0.2) is 35.8 Å². The molecule has 1 unspecified atom stereocenters. The third-order valence-electron chi connectivity index (χ3n) is 6.05. The van der Waals surface area contributed by atoms with E-state index in [9.17, 15) is 4.79 Å². The van der Waals surface area contributed by atoms with E-state index in [1.165, 1.54) is 10.6 Å². The summed E-state index contributed by atoms with van der Waals surface area (Å²) in [4.78, 5) is 19.5. The molecule has 156 valence electrons. The summed E-state index contributed by atoms with van der Waals surface area (Å²) in [6.45, 7) is 7.92. The van der Waals surface area contributed by atoms with Gasteiger partial charge in [-0.3, -0.25) is 9.69 Å². The number of fused-ring (bicyclic) bond motifs is 1. The number of hydrogen-bond donors (Lipinski definition) is 1. The van der Waals surface area contributed by atoms with Crippen LogP contribution in [0, 0.1) is 5.92 Å². The lowest BCUT2D eigenvalue weighted by Crippen LogP contribution is -2.50. The maximum Gasteiger partial charge on any atom is 0.220 e. The summed E-state index contributed by atoms with van der Waals surface area (Å²) in [5.41, 5.74) is 1.03. The number of rotatable bonds is 6. The first-order valence-corrected chi connectivity index (χ1v) is 11.6. The van der Waals surface area contributed by atoms with Crippen LogP contribution in [0.5, 0.6) is 5.75 Å². The van der Waals surface area contributed by atoms with E-state index in [4.69, 9.17) is 4.74 Å². The SMILES string of the molecule is CC(C)CNC(=O)CC1CC2(CCN(Cc3nccs3)CC2)Oc2ccccc21. The molecule has 2 aliphatic rings.